The van der Waals surface area contributed by atoms with Gasteiger partial charge in [0.05, 0.1) is 27.7 Å². The van der Waals surface area contributed by atoms with Crippen molar-refractivity contribution in [3.63, 3.8) is 0 Å². The van der Waals surface area contributed by atoms with Crippen LogP contribution < -0.4 is 4.89 Å². The zero-order valence-corrected chi connectivity index (χ0v) is 38.4. The van der Waals surface area contributed by atoms with Crippen LogP contribution in [0.2, 0.25) is 0 Å². The van der Waals surface area contributed by atoms with Gasteiger partial charge in [0, 0.05) is 12.8 Å². The number of likely N-dealkylation sites (N-methyl/N-ethyl adjacent to an activating group) is 1. The maximum absolute atomic E-state index is 12.7. The summed E-state index contributed by atoms with van der Waals surface area (Å²) in [7, 11) is 1.13. The van der Waals surface area contributed by atoms with Gasteiger partial charge in [-0.25, -0.2) is 0 Å². The molecule has 0 N–H and O–H groups in total. The number of esters is 2. The summed E-state index contributed by atoms with van der Waals surface area (Å²) in [5.74, 6) is -0.893. The number of nitrogens with zero attached hydrogens (tertiary/aromatic N) is 1. The predicted octanol–water partition coefficient (Wildman–Crippen LogP) is 12.4. The van der Waals surface area contributed by atoms with E-state index in [0.29, 0.717) is 23.9 Å². The van der Waals surface area contributed by atoms with E-state index in [9.17, 15) is 19.0 Å². The van der Waals surface area contributed by atoms with E-state index in [4.69, 9.17) is 18.5 Å². The summed E-state index contributed by atoms with van der Waals surface area (Å²) in [6.45, 7) is 4.02. The topological polar surface area (TPSA) is 111 Å². The fourth-order valence-electron chi connectivity index (χ4n) is 5.67. The number of hydrogen-bond donors (Lipinski definition) is 0. The zero-order chi connectivity index (χ0) is 42.8. The van der Waals surface area contributed by atoms with E-state index in [1.807, 2.05) is 21.1 Å². The Morgan fingerprint density at radius 2 is 0.983 bits per heavy atom. The van der Waals surface area contributed by atoms with Crippen LogP contribution in [0.4, 0.5) is 0 Å². The van der Waals surface area contributed by atoms with E-state index < -0.39 is 32.5 Å². The van der Waals surface area contributed by atoms with Gasteiger partial charge in [-0.2, -0.15) is 0 Å². The summed E-state index contributed by atoms with van der Waals surface area (Å²) >= 11 is 0. The Hall–Kier alpha value is -2.55. The summed E-state index contributed by atoms with van der Waals surface area (Å²) in [5, 5.41) is 0. The fraction of sp³-hybridized carbons (Fsp3) is 0.708. The molecule has 0 aliphatic carbocycles. The van der Waals surface area contributed by atoms with Gasteiger partial charge in [0.2, 0.25) is 0 Å². The summed E-state index contributed by atoms with van der Waals surface area (Å²) < 4.78 is 33.9. The molecule has 0 saturated carbocycles. The Morgan fingerprint density at radius 3 is 1.50 bits per heavy atom. The molecule has 0 heterocycles. The van der Waals surface area contributed by atoms with Crippen LogP contribution >= 0.6 is 7.82 Å². The molecule has 0 fully saturated rings. The Kier molecular flexibility index (Phi) is 38.1. The molecule has 9 nitrogen and oxygen atoms in total. The molecule has 0 aromatic heterocycles. The average molecular weight is 834 g/mol. The molecule has 0 aromatic rings. The monoisotopic (exact) mass is 834 g/mol. The Morgan fingerprint density at radius 1 is 0.552 bits per heavy atom. The van der Waals surface area contributed by atoms with Gasteiger partial charge in [-0.05, 0) is 83.5 Å². The lowest BCUT2D eigenvalue weighted by Crippen LogP contribution is -2.37. The standard InChI is InChI=1S/C48H84NO8P/c1-6-8-10-12-14-16-18-20-22-23-24-25-27-29-31-33-35-37-39-41-48(51)57-46(45-56-58(52,53)55-43-42-49(3,4)5)44-54-47(50)40-38-36-34-32-30-28-26-21-19-17-15-13-11-9-7-2/h9,11,14-17,20-22,26,30,32,46H,6-8,10,12-13,18-19,23-25,27-29,31,33-45H2,1-5H3/b11-9+,16-14+,17-15+,22-20+,26-21+,32-30+/t46-/m1/s1. The maximum atomic E-state index is 12.7. The van der Waals surface area contributed by atoms with E-state index in [2.05, 4.69) is 86.8 Å². The number of carbonyl (C=O) groups is 2. The normalized spacial score (nSPS) is 14.2. The van der Waals surface area contributed by atoms with Crippen LogP contribution in [0.15, 0.2) is 72.9 Å². The van der Waals surface area contributed by atoms with Gasteiger partial charge < -0.3 is 27.9 Å². The van der Waals surface area contributed by atoms with Crippen molar-refractivity contribution >= 4 is 19.8 Å². The van der Waals surface area contributed by atoms with Crippen molar-refractivity contribution in [2.45, 2.75) is 174 Å². The molecule has 0 rings (SSSR count). The van der Waals surface area contributed by atoms with E-state index in [1.165, 1.54) is 57.8 Å². The minimum Gasteiger partial charge on any atom is -0.756 e. The van der Waals surface area contributed by atoms with Crippen LogP contribution in [0.5, 0.6) is 0 Å². The third kappa shape index (κ3) is 43.0. The van der Waals surface area contributed by atoms with Crippen molar-refractivity contribution in [2.24, 2.45) is 0 Å². The van der Waals surface area contributed by atoms with E-state index in [1.54, 1.807) is 0 Å². The number of quaternary nitrogens is 1. The van der Waals surface area contributed by atoms with Gasteiger partial charge in [0.1, 0.15) is 19.8 Å². The number of phosphoric acid groups is 1. The molecule has 10 heteroatoms. The highest BCUT2D eigenvalue weighted by molar-refractivity contribution is 7.45. The van der Waals surface area contributed by atoms with Crippen molar-refractivity contribution < 1.29 is 42.1 Å². The van der Waals surface area contributed by atoms with Gasteiger partial charge in [-0.1, -0.05) is 145 Å². The number of unbranched alkanes of at least 4 members (excludes halogenated alkanes) is 14. The zero-order valence-electron chi connectivity index (χ0n) is 37.5. The Labute approximate surface area is 355 Å². The molecule has 0 aromatic carbocycles. The molecule has 0 aliphatic rings. The van der Waals surface area contributed by atoms with Gasteiger partial charge in [-0.15, -0.1) is 0 Å². The SMILES string of the molecule is CC/C=C/C/C=C/C/C=C/C/C=C/CCCCC(=O)OC[C@H](COP(=O)([O-])OCC[N+](C)(C)C)OC(=O)CCCCCCCCCCC/C=C/C/C=C/CCCCC. The summed E-state index contributed by atoms with van der Waals surface area (Å²) in [6.07, 6.45) is 49.3. The van der Waals surface area contributed by atoms with E-state index in [0.717, 1.165) is 70.6 Å². The summed E-state index contributed by atoms with van der Waals surface area (Å²) in [5.41, 5.74) is 0. The van der Waals surface area contributed by atoms with E-state index in [-0.39, 0.29) is 26.1 Å². The lowest BCUT2D eigenvalue weighted by Gasteiger charge is -2.28. The molecule has 0 radical (unpaired) electrons. The Bertz CT molecular complexity index is 1220. The molecule has 0 bridgehead atoms. The Balaban J connectivity index is 4.40. The van der Waals surface area contributed by atoms with Gasteiger partial charge in [-0.3, -0.25) is 14.2 Å². The average Bonchev–Trinajstić information content (AvgIpc) is 3.17. The first-order chi connectivity index (χ1) is 28.0. The molecular formula is C48H84NO8P. The third-order valence-electron chi connectivity index (χ3n) is 9.21. The second-order valence-electron chi connectivity index (χ2n) is 16.0. The quantitative estimate of drug-likeness (QED) is 0.0197. The number of hydrogen-bond acceptors (Lipinski definition) is 8. The van der Waals surface area contributed by atoms with Crippen LogP contribution in [0.1, 0.15) is 168 Å². The van der Waals surface area contributed by atoms with Crippen molar-refractivity contribution in [1.82, 2.24) is 0 Å². The fourth-order valence-corrected chi connectivity index (χ4v) is 6.40. The highest BCUT2D eigenvalue weighted by Gasteiger charge is 2.21. The van der Waals surface area contributed by atoms with Gasteiger partial charge >= 0.3 is 11.9 Å². The van der Waals surface area contributed by atoms with Crippen molar-refractivity contribution in [3.8, 4) is 0 Å². The summed E-state index contributed by atoms with van der Waals surface area (Å²) in [6, 6.07) is 0. The molecular weight excluding hydrogens is 750 g/mol. The number of ether oxygens (including phenoxy) is 2. The molecule has 0 aliphatic heterocycles. The van der Waals surface area contributed by atoms with Crippen LogP contribution in [-0.4, -0.2) is 70.0 Å². The molecule has 0 spiro atoms. The van der Waals surface area contributed by atoms with Crippen LogP contribution in [0.3, 0.4) is 0 Å². The molecule has 1 unspecified atom stereocenters. The molecule has 334 valence electrons. The number of phosphoric ester groups is 1. The van der Waals surface area contributed by atoms with E-state index >= 15 is 0 Å². The van der Waals surface area contributed by atoms with Crippen LogP contribution in [-0.2, 0) is 32.7 Å². The lowest BCUT2D eigenvalue weighted by molar-refractivity contribution is -0.870. The second kappa shape index (κ2) is 39.9. The highest BCUT2D eigenvalue weighted by atomic mass is 31.2. The highest BCUT2D eigenvalue weighted by Crippen LogP contribution is 2.38. The number of rotatable bonds is 40. The van der Waals surface area contributed by atoms with Crippen molar-refractivity contribution in [2.75, 3.05) is 47.5 Å². The van der Waals surface area contributed by atoms with Gasteiger partial charge in [0.15, 0.2) is 6.10 Å². The molecule has 58 heavy (non-hydrogen) atoms. The number of carbonyl (C=O) groups excluding carboxylic acids is 2. The lowest BCUT2D eigenvalue weighted by atomic mass is 10.1. The minimum absolute atomic E-state index is 0.0419. The summed E-state index contributed by atoms with van der Waals surface area (Å²) in [4.78, 5) is 37.6. The minimum atomic E-state index is -4.64. The second-order valence-corrected chi connectivity index (χ2v) is 17.4. The molecule has 0 amide bonds. The van der Waals surface area contributed by atoms with Crippen molar-refractivity contribution in [3.05, 3.63) is 72.9 Å². The first-order valence-electron chi connectivity index (χ1n) is 22.6. The first kappa shape index (κ1) is 55.5. The molecule has 0 saturated heterocycles. The first-order valence-corrected chi connectivity index (χ1v) is 24.1. The van der Waals surface area contributed by atoms with Crippen molar-refractivity contribution in [1.29, 1.82) is 0 Å². The molecule has 2 atom stereocenters. The van der Waals surface area contributed by atoms with Crippen LogP contribution in [0, 0.1) is 0 Å². The predicted molar refractivity (Wildman–Crippen MR) is 240 cm³/mol. The van der Waals surface area contributed by atoms with Crippen LogP contribution in [0.25, 0.3) is 0 Å². The number of allylic oxidation sites excluding steroid dienone is 12. The smallest absolute Gasteiger partial charge is 0.306 e. The largest absolute Gasteiger partial charge is 0.756 e. The third-order valence-corrected chi connectivity index (χ3v) is 10.2. The van der Waals surface area contributed by atoms with Gasteiger partial charge in [0.25, 0.3) is 7.82 Å². The maximum Gasteiger partial charge on any atom is 0.306 e.